The van der Waals surface area contributed by atoms with Gasteiger partial charge in [-0.2, -0.15) is 9.19 Å². The second-order valence-corrected chi connectivity index (χ2v) is 4.81. The van der Waals surface area contributed by atoms with Crippen molar-refractivity contribution in [1.82, 2.24) is 9.19 Å². The molecule has 1 heterocycles. The molecule has 0 aliphatic rings. The Kier molecular flexibility index (Phi) is 2.86. The molecule has 3 nitrogen and oxygen atoms in total. The van der Waals surface area contributed by atoms with Crippen LogP contribution in [0.25, 0.3) is 10.8 Å². The summed E-state index contributed by atoms with van der Waals surface area (Å²) in [5, 5.41) is 5.73. The smallest absolute Gasteiger partial charge is 0.266 e. The molecule has 88 valence electrons. The van der Waals surface area contributed by atoms with Crippen LogP contribution < -0.4 is 5.56 Å². The van der Waals surface area contributed by atoms with Crippen LogP contribution in [0.1, 0.15) is 0 Å². The average molecular weight is 254 g/mol. The molecule has 0 saturated carbocycles. The summed E-state index contributed by atoms with van der Waals surface area (Å²) in [6.45, 7) is 0. The second-order valence-electron chi connectivity index (χ2n) is 3.81. The van der Waals surface area contributed by atoms with Crippen molar-refractivity contribution in [3.8, 4) is 0 Å². The second kappa shape index (κ2) is 4.66. The molecule has 0 unspecified atom stereocenters. The van der Waals surface area contributed by atoms with Crippen molar-refractivity contribution >= 4 is 22.7 Å². The fourth-order valence-electron chi connectivity index (χ4n) is 1.72. The monoisotopic (exact) mass is 254 g/mol. The number of aromatic nitrogens is 2. The van der Waals surface area contributed by atoms with Gasteiger partial charge in [0.1, 0.15) is 0 Å². The molecule has 0 N–H and O–H groups in total. The molecule has 2 aromatic carbocycles. The predicted octanol–water partition coefficient (Wildman–Crippen LogP) is 2.95. The molecular weight excluding hydrogens is 244 g/mol. The number of rotatable bonds is 2. The van der Waals surface area contributed by atoms with Crippen molar-refractivity contribution in [2.24, 2.45) is 0 Å². The molecular formula is C14H10N2OS. The summed E-state index contributed by atoms with van der Waals surface area (Å²) in [7, 11) is 0. The minimum atomic E-state index is -0.0815. The van der Waals surface area contributed by atoms with Gasteiger partial charge >= 0.3 is 0 Å². The highest BCUT2D eigenvalue weighted by Gasteiger charge is 2.04. The molecule has 0 bridgehead atoms. The van der Waals surface area contributed by atoms with Crippen LogP contribution in [0.2, 0.25) is 0 Å². The Balaban J connectivity index is 2.08. The highest BCUT2D eigenvalue weighted by atomic mass is 32.2. The summed E-state index contributed by atoms with van der Waals surface area (Å²) >= 11 is 1.32. The van der Waals surface area contributed by atoms with E-state index in [1.807, 2.05) is 54.6 Å². The first-order valence-corrected chi connectivity index (χ1v) is 6.32. The summed E-state index contributed by atoms with van der Waals surface area (Å²) in [5.41, 5.74) is -0.0815. The number of hydrogen-bond donors (Lipinski definition) is 0. The van der Waals surface area contributed by atoms with E-state index in [4.69, 9.17) is 0 Å². The van der Waals surface area contributed by atoms with Crippen LogP contribution in [-0.2, 0) is 0 Å². The largest absolute Gasteiger partial charge is 0.285 e. The number of nitrogens with zero attached hydrogens (tertiary/aromatic N) is 2. The van der Waals surface area contributed by atoms with E-state index in [9.17, 15) is 4.79 Å². The van der Waals surface area contributed by atoms with Gasteiger partial charge in [0.15, 0.2) is 0 Å². The standard InChI is InChI=1S/C14H10N2OS/c17-14-13-9-5-4-6-11(13)10-15-16(14)18-12-7-2-1-3-8-12/h1-10H. The number of benzene rings is 2. The number of hydrogen-bond acceptors (Lipinski definition) is 3. The molecule has 4 heteroatoms. The summed E-state index contributed by atoms with van der Waals surface area (Å²) in [4.78, 5) is 13.2. The first kappa shape index (κ1) is 11.0. The molecule has 0 aliphatic carbocycles. The summed E-state index contributed by atoms with van der Waals surface area (Å²) < 4.78 is 1.41. The lowest BCUT2D eigenvalue weighted by Gasteiger charge is -2.04. The maximum Gasteiger partial charge on any atom is 0.285 e. The minimum absolute atomic E-state index is 0.0815. The minimum Gasteiger partial charge on any atom is -0.266 e. The van der Waals surface area contributed by atoms with Crippen LogP contribution in [0.15, 0.2) is 70.5 Å². The highest BCUT2D eigenvalue weighted by Crippen LogP contribution is 2.17. The van der Waals surface area contributed by atoms with E-state index >= 15 is 0 Å². The fourth-order valence-corrected chi connectivity index (χ4v) is 2.47. The molecule has 3 rings (SSSR count). The van der Waals surface area contributed by atoms with Crippen LogP contribution in [0.5, 0.6) is 0 Å². The third kappa shape index (κ3) is 2.02. The van der Waals surface area contributed by atoms with Crippen molar-refractivity contribution in [1.29, 1.82) is 0 Å². The Labute approximate surface area is 108 Å². The topological polar surface area (TPSA) is 34.9 Å². The van der Waals surface area contributed by atoms with Gasteiger partial charge in [0.2, 0.25) is 0 Å². The van der Waals surface area contributed by atoms with E-state index in [2.05, 4.69) is 5.10 Å². The van der Waals surface area contributed by atoms with E-state index in [0.29, 0.717) is 5.39 Å². The zero-order valence-corrected chi connectivity index (χ0v) is 10.3. The molecule has 0 saturated heterocycles. The molecule has 0 aliphatic heterocycles. The SMILES string of the molecule is O=c1c2ccccc2cnn1Sc1ccccc1. The van der Waals surface area contributed by atoms with Crippen molar-refractivity contribution in [2.75, 3.05) is 0 Å². The number of fused-ring (bicyclic) bond motifs is 1. The van der Waals surface area contributed by atoms with Gasteiger partial charge in [0.05, 0.1) is 11.6 Å². The van der Waals surface area contributed by atoms with Gasteiger partial charge < -0.3 is 0 Å². The Morgan fingerprint density at radius 1 is 0.944 bits per heavy atom. The van der Waals surface area contributed by atoms with Crippen LogP contribution in [0.3, 0.4) is 0 Å². The van der Waals surface area contributed by atoms with Crippen molar-refractivity contribution < 1.29 is 0 Å². The van der Waals surface area contributed by atoms with Gasteiger partial charge in [-0.1, -0.05) is 36.4 Å². The summed E-state index contributed by atoms with van der Waals surface area (Å²) in [6.07, 6.45) is 1.71. The first-order chi connectivity index (χ1) is 8.84. The summed E-state index contributed by atoms with van der Waals surface area (Å²) in [6, 6.07) is 17.2. The first-order valence-electron chi connectivity index (χ1n) is 5.55. The van der Waals surface area contributed by atoms with Gasteiger partial charge in [-0.05, 0) is 18.2 Å². The Hall–Kier alpha value is -2.07. The van der Waals surface area contributed by atoms with Crippen LogP contribution in [0.4, 0.5) is 0 Å². The van der Waals surface area contributed by atoms with Gasteiger partial charge in [0, 0.05) is 22.2 Å². The average Bonchev–Trinajstić information content (AvgIpc) is 2.43. The van der Waals surface area contributed by atoms with Crippen LogP contribution >= 0.6 is 11.9 Å². The molecule has 0 fully saturated rings. The third-order valence-electron chi connectivity index (χ3n) is 2.60. The van der Waals surface area contributed by atoms with E-state index in [-0.39, 0.29) is 5.56 Å². The van der Waals surface area contributed by atoms with Gasteiger partial charge in [-0.25, -0.2) is 0 Å². The van der Waals surface area contributed by atoms with Gasteiger partial charge in [-0.15, -0.1) is 0 Å². The van der Waals surface area contributed by atoms with E-state index in [1.54, 1.807) is 6.20 Å². The molecule has 0 atom stereocenters. The van der Waals surface area contributed by atoms with Gasteiger partial charge in [-0.3, -0.25) is 4.79 Å². The lowest BCUT2D eigenvalue weighted by Crippen LogP contribution is -2.17. The zero-order chi connectivity index (χ0) is 12.4. The van der Waals surface area contributed by atoms with Crippen molar-refractivity contribution in [3.05, 3.63) is 71.1 Å². The van der Waals surface area contributed by atoms with Gasteiger partial charge in [0.25, 0.3) is 5.56 Å². The van der Waals surface area contributed by atoms with Crippen LogP contribution in [0, 0.1) is 0 Å². The molecule has 0 amide bonds. The van der Waals surface area contributed by atoms with E-state index < -0.39 is 0 Å². The van der Waals surface area contributed by atoms with E-state index in [1.165, 1.54) is 16.0 Å². The highest BCUT2D eigenvalue weighted by molar-refractivity contribution is 7.97. The molecule has 0 spiro atoms. The zero-order valence-electron chi connectivity index (χ0n) is 9.48. The maximum atomic E-state index is 12.2. The third-order valence-corrected chi connectivity index (χ3v) is 3.52. The Morgan fingerprint density at radius 2 is 1.67 bits per heavy atom. The summed E-state index contributed by atoms with van der Waals surface area (Å²) in [5.74, 6) is 0. The predicted molar refractivity (Wildman–Crippen MR) is 73.7 cm³/mol. The van der Waals surface area contributed by atoms with Crippen LogP contribution in [-0.4, -0.2) is 9.19 Å². The van der Waals surface area contributed by atoms with Crippen molar-refractivity contribution in [2.45, 2.75) is 4.90 Å². The molecule has 3 aromatic rings. The molecule has 0 radical (unpaired) electrons. The molecule has 18 heavy (non-hydrogen) atoms. The Morgan fingerprint density at radius 3 is 2.50 bits per heavy atom. The van der Waals surface area contributed by atoms with Crippen molar-refractivity contribution in [3.63, 3.8) is 0 Å². The lowest BCUT2D eigenvalue weighted by molar-refractivity contribution is 0.935. The maximum absolute atomic E-state index is 12.2. The Bertz CT molecular complexity index is 737. The lowest BCUT2D eigenvalue weighted by atomic mass is 10.2. The fraction of sp³-hybridized carbons (Fsp3) is 0. The quantitative estimate of drug-likeness (QED) is 0.705. The molecule has 1 aromatic heterocycles. The normalized spacial score (nSPS) is 10.7. The van der Waals surface area contributed by atoms with E-state index in [0.717, 1.165) is 10.3 Å².